The first-order valence-electron chi connectivity index (χ1n) is 9.22. The van der Waals surface area contributed by atoms with E-state index in [1.807, 2.05) is 6.08 Å². The lowest BCUT2D eigenvalue weighted by Crippen LogP contribution is -2.55. The van der Waals surface area contributed by atoms with Gasteiger partial charge in [0.15, 0.2) is 5.78 Å². The summed E-state index contributed by atoms with van der Waals surface area (Å²) in [5, 5.41) is 10.9. The second-order valence-electron chi connectivity index (χ2n) is 9.29. The number of carbonyl (C=O) groups excluding carboxylic acids is 1. The van der Waals surface area contributed by atoms with E-state index in [2.05, 4.69) is 26.8 Å². The normalized spacial score (nSPS) is 57.2. The van der Waals surface area contributed by atoms with Crippen molar-refractivity contribution in [3.8, 4) is 0 Å². The van der Waals surface area contributed by atoms with Gasteiger partial charge >= 0.3 is 0 Å². The van der Waals surface area contributed by atoms with E-state index >= 15 is 0 Å². The highest BCUT2D eigenvalue weighted by Crippen LogP contribution is 2.67. The van der Waals surface area contributed by atoms with Gasteiger partial charge in [-0.1, -0.05) is 19.9 Å². The number of carbonyl (C=O) groups is 1. The van der Waals surface area contributed by atoms with Gasteiger partial charge in [-0.2, -0.15) is 0 Å². The van der Waals surface area contributed by atoms with Crippen LogP contribution in [0.25, 0.3) is 0 Å². The lowest BCUT2D eigenvalue weighted by atomic mass is 9.45. The van der Waals surface area contributed by atoms with Gasteiger partial charge in [-0.3, -0.25) is 4.79 Å². The van der Waals surface area contributed by atoms with E-state index < -0.39 is 5.60 Å². The van der Waals surface area contributed by atoms with Gasteiger partial charge in [-0.25, -0.2) is 0 Å². The fraction of sp³-hybridized carbons (Fsp3) is 0.850. The summed E-state index contributed by atoms with van der Waals surface area (Å²) in [5.41, 5.74) is -0.170. The Morgan fingerprint density at radius 1 is 1.05 bits per heavy atom. The number of fused-ring (bicyclic) bond motifs is 5. The van der Waals surface area contributed by atoms with Gasteiger partial charge in [-0.05, 0) is 86.0 Å². The Morgan fingerprint density at radius 2 is 1.77 bits per heavy atom. The fourth-order valence-electron chi connectivity index (χ4n) is 6.88. The van der Waals surface area contributed by atoms with Crippen molar-refractivity contribution in [2.75, 3.05) is 0 Å². The van der Waals surface area contributed by atoms with Crippen molar-refractivity contribution in [1.82, 2.24) is 0 Å². The molecule has 0 aromatic rings. The molecule has 4 rings (SSSR count). The van der Waals surface area contributed by atoms with E-state index in [-0.39, 0.29) is 10.8 Å². The maximum atomic E-state index is 11.8. The maximum absolute atomic E-state index is 11.8. The maximum Gasteiger partial charge on any atom is 0.155 e. The van der Waals surface area contributed by atoms with Crippen LogP contribution in [0.1, 0.15) is 65.7 Å². The molecule has 0 spiro atoms. The van der Waals surface area contributed by atoms with Crippen molar-refractivity contribution in [1.29, 1.82) is 0 Å². The van der Waals surface area contributed by atoms with Crippen LogP contribution in [0.3, 0.4) is 0 Å². The predicted molar refractivity (Wildman–Crippen MR) is 87.3 cm³/mol. The van der Waals surface area contributed by atoms with E-state index in [1.54, 1.807) is 0 Å². The topological polar surface area (TPSA) is 37.3 Å². The Labute approximate surface area is 134 Å². The van der Waals surface area contributed by atoms with Gasteiger partial charge in [0.2, 0.25) is 0 Å². The molecule has 0 unspecified atom stereocenters. The quantitative estimate of drug-likeness (QED) is 0.730. The Balaban J connectivity index is 1.69. The number of allylic oxidation sites excluding steroid dienone is 2. The SMILES string of the molecule is C[C@]12C=CC(=O)C[C@@H]1CC[C@@H]1[C@@H]2CC[C@]2(C)[C@H]1CC[C@]2(C)O. The van der Waals surface area contributed by atoms with Crippen LogP contribution in [0, 0.1) is 34.5 Å². The summed E-state index contributed by atoms with van der Waals surface area (Å²) < 4.78 is 0. The molecule has 2 nitrogen and oxygen atoms in total. The van der Waals surface area contributed by atoms with Crippen LogP contribution in [0.5, 0.6) is 0 Å². The van der Waals surface area contributed by atoms with Crippen LogP contribution >= 0.6 is 0 Å². The molecule has 122 valence electrons. The molecule has 4 aliphatic carbocycles. The van der Waals surface area contributed by atoms with Crippen LogP contribution in [-0.2, 0) is 4.79 Å². The lowest BCUT2D eigenvalue weighted by molar-refractivity contribution is -0.135. The fourth-order valence-corrected chi connectivity index (χ4v) is 6.88. The minimum atomic E-state index is -0.487. The molecule has 3 saturated carbocycles. The molecule has 0 heterocycles. The third-order valence-electron chi connectivity index (χ3n) is 8.60. The summed E-state index contributed by atoms with van der Waals surface area (Å²) >= 11 is 0. The zero-order chi connectivity index (χ0) is 15.8. The molecule has 7 atom stereocenters. The van der Waals surface area contributed by atoms with Crippen molar-refractivity contribution in [3.05, 3.63) is 12.2 Å². The van der Waals surface area contributed by atoms with E-state index in [0.29, 0.717) is 23.5 Å². The predicted octanol–water partition coefficient (Wildman–Crippen LogP) is 4.13. The van der Waals surface area contributed by atoms with Crippen molar-refractivity contribution in [2.45, 2.75) is 71.3 Å². The molecule has 22 heavy (non-hydrogen) atoms. The molecule has 2 heteroatoms. The Hall–Kier alpha value is -0.630. The first kappa shape index (κ1) is 14.9. The van der Waals surface area contributed by atoms with Crippen molar-refractivity contribution in [2.24, 2.45) is 34.5 Å². The van der Waals surface area contributed by atoms with E-state index in [4.69, 9.17) is 0 Å². The van der Waals surface area contributed by atoms with Gasteiger partial charge < -0.3 is 5.11 Å². The van der Waals surface area contributed by atoms with Crippen molar-refractivity contribution in [3.63, 3.8) is 0 Å². The average Bonchev–Trinajstić information content (AvgIpc) is 2.70. The number of aliphatic hydroxyl groups is 1. The minimum absolute atomic E-state index is 0.103. The summed E-state index contributed by atoms with van der Waals surface area (Å²) in [4.78, 5) is 11.8. The number of hydrogen-bond acceptors (Lipinski definition) is 2. The van der Waals surface area contributed by atoms with Gasteiger partial charge in [0, 0.05) is 6.42 Å². The smallest absolute Gasteiger partial charge is 0.155 e. The van der Waals surface area contributed by atoms with Crippen LogP contribution < -0.4 is 0 Å². The first-order chi connectivity index (χ1) is 10.3. The minimum Gasteiger partial charge on any atom is -0.390 e. The highest BCUT2D eigenvalue weighted by molar-refractivity contribution is 5.91. The van der Waals surface area contributed by atoms with Crippen molar-refractivity contribution < 1.29 is 9.90 Å². The van der Waals surface area contributed by atoms with E-state index in [9.17, 15) is 9.90 Å². The summed E-state index contributed by atoms with van der Waals surface area (Å²) in [6.45, 7) is 6.82. The zero-order valence-electron chi connectivity index (χ0n) is 14.3. The molecule has 0 amide bonds. The summed E-state index contributed by atoms with van der Waals surface area (Å²) in [7, 11) is 0. The lowest BCUT2D eigenvalue weighted by Gasteiger charge is -2.59. The molecule has 0 bridgehead atoms. The van der Waals surface area contributed by atoms with Gasteiger partial charge in [-0.15, -0.1) is 0 Å². The van der Waals surface area contributed by atoms with Crippen LogP contribution in [0.2, 0.25) is 0 Å². The summed E-state index contributed by atoms with van der Waals surface area (Å²) in [5.74, 6) is 3.00. The molecular formula is C20H30O2. The first-order valence-corrected chi connectivity index (χ1v) is 9.22. The molecule has 1 N–H and O–H groups in total. The standard InChI is InChI=1S/C20H30O2/c1-18-9-6-14(21)12-13(18)4-5-15-16(18)7-10-19(2)17(15)8-11-20(19,3)22/h6,9,13,15-17,22H,4-5,7-8,10-12H2,1-3H3/t13-,15+,16-,17-,18-,19+,20-/m0/s1. The van der Waals surface area contributed by atoms with Gasteiger partial charge in [0.1, 0.15) is 0 Å². The largest absolute Gasteiger partial charge is 0.390 e. The second kappa shape index (κ2) is 4.47. The highest BCUT2D eigenvalue weighted by Gasteiger charge is 2.62. The molecule has 0 radical (unpaired) electrons. The number of hydrogen-bond donors (Lipinski definition) is 1. The van der Waals surface area contributed by atoms with Crippen LogP contribution in [0.4, 0.5) is 0 Å². The average molecular weight is 302 g/mol. The molecule has 3 fully saturated rings. The number of ketones is 1. The third kappa shape index (κ3) is 1.74. The number of rotatable bonds is 0. The third-order valence-corrected chi connectivity index (χ3v) is 8.60. The van der Waals surface area contributed by atoms with Gasteiger partial charge in [0.05, 0.1) is 5.60 Å². The van der Waals surface area contributed by atoms with E-state index in [0.717, 1.165) is 25.2 Å². The Kier molecular flexibility index (Phi) is 3.03. The molecule has 4 aliphatic rings. The van der Waals surface area contributed by atoms with E-state index in [1.165, 1.54) is 25.7 Å². The van der Waals surface area contributed by atoms with Gasteiger partial charge in [0.25, 0.3) is 0 Å². The second-order valence-corrected chi connectivity index (χ2v) is 9.29. The van der Waals surface area contributed by atoms with Crippen LogP contribution in [0.15, 0.2) is 12.2 Å². The Bertz CT molecular complexity index is 534. The molecule has 0 aromatic carbocycles. The zero-order valence-corrected chi connectivity index (χ0v) is 14.3. The molecule has 0 saturated heterocycles. The molecule has 0 aliphatic heterocycles. The summed E-state index contributed by atoms with van der Waals surface area (Å²) in [6, 6.07) is 0. The molecular weight excluding hydrogens is 272 g/mol. The monoisotopic (exact) mass is 302 g/mol. The highest BCUT2D eigenvalue weighted by atomic mass is 16.3. The van der Waals surface area contributed by atoms with Crippen LogP contribution in [-0.4, -0.2) is 16.5 Å². The molecule has 0 aromatic heterocycles. The summed E-state index contributed by atoms with van der Waals surface area (Å²) in [6.07, 6.45) is 11.9. The van der Waals surface area contributed by atoms with Crippen molar-refractivity contribution >= 4 is 5.78 Å². The Morgan fingerprint density at radius 3 is 2.55 bits per heavy atom.